The van der Waals surface area contributed by atoms with Gasteiger partial charge in [-0.25, -0.2) is 4.98 Å². The first-order valence-corrected chi connectivity index (χ1v) is 8.21. The minimum Gasteiger partial charge on any atom is -0.330 e. The van der Waals surface area contributed by atoms with Crippen molar-refractivity contribution in [2.75, 3.05) is 0 Å². The third-order valence-electron chi connectivity index (χ3n) is 4.86. The van der Waals surface area contributed by atoms with Crippen molar-refractivity contribution >= 4 is 0 Å². The molecule has 0 spiro atoms. The molecule has 3 heteroatoms. The Morgan fingerprint density at radius 3 is 2.35 bits per heavy atom. The Bertz CT molecular complexity index is 803. The van der Waals surface area contributed by atoms with E-state index in [9.17, 15) is 0 Å². The lowest BCUT2D eigenvalue weighted by atomic mass is 10.0. The number of aromatic nitrogens is 2. The number of nitrogens with zero attached hydrogens (tertiary/aromatic N) is 2. The fourth-order valence-electron chi connectivity index (χ4n) is 3.32. The topological polar surface area (TPSA) is 43.8 Å². The minimum atomic E-state index is 0.227. The molecule has 2 heterocycles. The van der Waals surface area contributed by atoms with Gasteiger partial charge in [-0.15, -0.1) is 0 Å². The highest BCUT2D eigenvalue weighted by molar-refractivity contribution is 5.68. The molecule has 116 valence electrons. The summed E-state index contributed by atoms with van der Waals surface area (Å²) in [5.74, 6) is 1.15. The minimum absolute atomic E-state index is 0.227. The van der Waals surface area contributed by atoms with Crippen LogP contribution in [0.4, 0.5) is 0 Å². The number of imidazole rings is 1. The van der Waals surface area contributed by atoms with Crippen LogP contribution in [0.5, 0.6) is 0 Å². The maximum atomic E-state index is 6.18. The van der Waals surface area contributed by atoms with E-state index in [1.54, 1.807) is 0 Å². The van der Waals surface area contributed by atoms with Crippen LogP contribution in [0, 0.1) is 0 Å². The Kier molecular flexibility index (Phi) is 3.50. The lowest BCUT2D eigenvalue weighted by molar-refractivity contribution is 0.368. The monoisotopic (exact) mass is 303 g/mol. The molecule has 2 atom stereocenters. The van der Waals surface area contributed by atoms with E-state index in [0.29, 0.717) is 6.04 Å². The number of rotatable bonds is 2. The lowest BCUT2D eigenvalue weighted by Crippen LogP contribution is -2.35. The summed E-state index contributed by atoms with van der Waals surface area (Å²) >= 11 is 0. The van der Waals surface area contributed by atoms with Gasteiger partial charge in [-0.3, -0.25) is 0 Å². The summed E-state index contributed by atoms with van der Waals surface area (Å²) in [6.07, 6.45) is 4.13. The maximum Gasteiger partial charge on any atom is 0.109 e. The molecule has 0 saturated heterocycles. The van der Waals surface area contributed by atoms with Gasteiger partial charge in [0.2, 0.25) is 0 Å². The van der Waals surface area contributed by atoms with Crippen LogP contribution >= 0.6 is 0 Å². The number of fused-ring (bicyclic) bond motifs is 1. The zero-order valence-corrected chi connectivity index (χ0v) is 13.3. The number of aryl methyl sites for hydroxylation is 1. The molecule has 0 saturated carbocycles. The highest BCUT2D eigenvalue weighted by atomic mass is 15.1. The van der Waals surface area contributed by atoms with Crippen molar-refractivity contribution < 1.29 is 0 Å². The second-order valence-electron chi connectivity index (χ2n) is 6.34. The summed E-state index contributed by atoms with van der Waals surface area (Å²) in [6.45, 7) is 2.18. The van der Waals surface area contributed by atoms with Crippen LogP contribution in [0.15, 0.2) is 60.8 Å². The number of benzene rings is 2. The van der Waals surface area contributed by atoms with Crippen molar-refractivity contribution in [2.24, 2.45) is 5.73 Å². The Balaban J connectivity index is 1.66. The van der Waals surface area contributed by atoms with E-state index < -0.39 is 0 Å². The fraction of sp³-hybridized carbons (Fsp3) is 0.250. The number of nitrogens with two attached hydrogens (primary N) is 1. The Morgan fingerprint density at radius 1 is 0.957 bits per heavy atom. The Morgan fingerprint density at radius 2 is 1.61 bits per heavy atom. The van der Waals surface area contributed by atoms with Gasteiger partial charge in [-0.1, -0.05) is 54.6 Å². The molecule has 1 aliphatic rings. The quantitative estimate of drug-likeness (QED) is 0.776. The van der Waals surface area contributed by atoms with Crippen molar-refractivity contribution in [1.29, 1.82) is 0 Å². The highest BCUT2D eigenvalue weighted by Gasteiger charge is 2.24. The molecule has 1 aliphatic heterocycles. The van der Waals surface area contributed by atoms with Gasteiger partial charge in [0, 0.05) is 30.3 Å². The lowest BCUT2D eigenvalue weighted by Gasteiger charge is -2.27. The van der Waals surface area contributed by atoms with E-state index in [4.69, 9.17) is 10.7 Å². The van der Waals surface area contributed by atoms with E-state index in [1.807, 2.05) is 6.07 Å². The van der Waals surface area contributed by atoms with Crippen LogP contribution < -0.4 is 5.73 Å². The third-order valence-corrected chi connectivity index (χ3v) is 4.86. The smallest absolute Gasteiger partial charge is 0.109 e. The second-order valence-corrected chi connectivity index (χ2v) is 6.34. The maximum absolute atomic E-state index is 6.18. The van der Waals surface area contributed by atoms with Crippen molar-refractivity contribution in [3.63, 3.8) is 0 Å². The van der Waals surface area contributed by atoms with Crippen LogP contribution in [0.1, 0.15) is 25.2 Å². The van der Waals surface area contributed by atoms with E-state index >= 15 is 0 Å². The highest BCUT2D eigenvalue weighted by Crippen LogP contribution is 2.29. The Hall–Kier alpha value is -2.39. The van der Waals surface area contributed by atoms with E-state index in [0.717, 1.165) is 29.9 Å². The van der Waals surface area contributed by atoms with Gasteiger partial charge < -0.3 is 10.3 Å². The molecule has 2 aromatic carbocycles. The van der Waals surface area contributed by atoms with Crippen LogP contribution in [0.2, 0.25) is 0 Å². The molecule has 0 aliphatic carbocycles. The molecular formula is C20H21N3. The molecule has 3 aromatic rings. The van der Waals surface area contributed by atoms with E-state index in [1.165, 1.54) is 11.1 Å². The average molecular weight is 303 g/mol. The van der Waals surface area contributed by atoms with Gasteiger partial charge in [0.15, 0.2) is 0 Å². The molecule has 1 aromatic heterocycles. The molecule has 0 amide bonds. The number of hydrogen-bond donors (Lipinski definition) is 1. The standard InChI is InChI=1S/C20H21N3/c1-14-18(21)11-12-20-22-19(13-23(14)20)17-9-7-16(8-10-17)15-5-3-2-4-6-15/h2-10,13-14,18H,11-12,21H2,1H3. The summed E-state index contributed by atoms with van der Waals surface area (Å²) in [7, 11) is 0. The van der Waals surface area contributed by atoms with Gasteiger partial charge in [0.25, 0.3) is 0 Å². The molecule has 0 bridgehead atoms. The largest absolute Gasteiger partial charge is 0.330 e. The predicted molar refractivity (Wildman–Crippen MR) is 94.1 cm³/mol. The van der Waals surface area contributed by atoms with Crippen molar-refractivity contribution in [1.82, 2.24) is 9.55 Å². The van der Waals surface area contributed by atoms with E-state index in [-0.39, 0.29) is 6.04 Å². The zero-order valence-electron chi connectivity index (χ0n) is 13.3. The Labute approximate surface area is 136 Å². The molecule has 2 unspecified atom stereocenters. The molecule has 0 radical (unpaired) electrons. The fourth-order valence-corrected chi connectivity index (χ4v) is 3.32. The molecular weight excluding hydrogens is 282 g/mol. The van der Waals surface area contributed by atoms with Gasteiger partial charge in [-0.05, 0) is 24.5 Å². The van der Waals surface area contributed by atoms with Crippen LogP contribution in [-0.2, 0) is 6.42 Å². The van der Waals surface area contributed by atoms with Crippen LogP contribution in [0.25, 0.3) is 22.4 Å². The predicted octanol–water partition coefficient (Wildman–Crippen LogP) is 4.05. The van der Waals surface area contributed by atoms with Crippen molar-refractivity contribution in [3.05, 3.63) is 66.6 Å². The normalized spacial score (nSPS) is 20.3. The summed E-state index contributed by atoms with van der Waals surface area (Å²) in [6, 6.07) is 19.6. The van der Waals surface area contributed by atoms with E-state index in [2.05, 4.69) is 66.2 Å². The summed E-state index contributed by atoms with van der Waals surface area (Å²) < 4.78 is 2.24. The van der Waals surface area contributed by atoms with Crippen molar-refractivity contribution in [2.45, 2.75) is 31.8 Å². The second kappa shape index (κ2) is 5.67. The summed E-state index contributed by atoms with van der Waals surface area (Å²) in [4.78, 5) is 4.82. The first-order valence-electron chi connectivity index (χ1n) is 8.21. The average Bonchev–Trinajstić information content (AvgIpc) is 3.04. The molecule has 3 nitrogen and oxygen atoms in total. The molecule has 0 fully saturated rings. The summed E-state index contributed by atoms with van der Waals surface area (Å²) in [5, 5.41) is 0. The first-order chi connectivity index (χ1) is 11.2. The van der Waals surface area contributed by atoms with Crippen LogP contribution in [0.3, 0.4) is 0 Å². The molecule has 23 heavy (non-hydrogen) atoms. The van der Waals surface area contributed by atoms with Gasteiger partial charge >= 0.3 is 0 Å². The number of hydrogen-bond acceptors (Lipinski definition) is 2. The van der Waals surface area contributed by atoms with Gasteiger partial charge in [-0.2, -0.15) is 0 Å². The molecule has 4 rings (SSSR count). The zero-order chi connectivity index (χ0) is 15.8. The first kappa shape index (κ1) is 14.2. The van der Waals surface area contributed by atoms with Crippen molar-refractivity contribution in [3.8, 4) is 22.4 Å². The molecule has 2 N–H and O–H groups in total. The SMILES string of the molecule is CC1C(N)CCc2nc(-c3ccc(-c4ccccc4)cc3)cn21. The van der Waals surface area contributed by atoms with Gasteiger partial charge in [0.05, 0.1) is 5.69 Å². The summed E-state index contributed by atoms with van der Waals surface area (Å²) in [5.41, 5.74) is 10.8. The third kappa shape index (κ3) is 2.57. The van der Waals surface area contributed by atoms with Gasteiger partial charge in [0.1, 0.15) is 5.82 Å². The van der Waals surface area contributed by atoms with Crippen LogP contribution in [-0.4, -0.2) is 15.6 Å².